The third kappa shape index (κ3) is 5.74. The molecule has 1 amide bonds. The van der Waals surface area contributed by atoms with Crippen molar-refractivity contribution >= 4 is 40.0 Å². The van der Waals surface area contributed by atoms with Gasteiger partial charge in [-0.1, -0.05) is 24.2 Å². The number of anilines is 2. The van der Waals surface area contributed by atoms with Crippen LogP contribution >= 0.6 is 23.1 Å². The van der Waals surface area contributed by atoms with Gasteiger partial charge in [-0.2, -0.15) is 11.8 Å². The number of unbranched alkanes of at least 4 members (excludes halogenated alkanes) is 3. The van der Waals surface area contributed by atoms with Crippen LogP contribution in [0.3, 0.4) is 0 Å². The van der Waals surface area contributed by atoms with E-state index in [1.807, 2.05) is 11.8 Å². The summed E-state index contributed by atoms with van der Waals surface area (Å²) in [6.45, 7) is 0.709. The maximum Gasteiger partial charge on any atom is 0.265 e. The summed E-state index contributed by atoms with van der Waals surface area (Å²) in [5.41, 5.74) is 5.82. The maximum atomic E-state index is 12.1. The number of rotatable bonds is 10. The number of hydrogen-bond donors (Lipinski definition) is 3. The fraction of sp³-hybridized carbons (Fsp3) is 0.714. The van der Waals surface area contributed by atoms with Crippen LogP contribution in [-0.4, -0.2) is 35.5 Å². The zero-order valence-electron chi connectivity index (χ0n) is 12.5. The first-order chi connectivity index (χ1) is 10.2. The summed E-state index contributed by atoms with van der Waals surface area (Å²) < 4.78 is 0. The first-order valence-corrected chi connectivity index (χ1v) is 9.71. The minimum Gasteiger partial charge on any atom is -0.382 e. The predicted octanol–water partition coefficient (Wildman–Crippen LogP) is 2.95. The number of nitrogens with two attached hydrogens (primary N) is 1. The standard InChI is InChI=1S/C14H24N4OS2/c1-20-9-5-3-2-4-8-16-13(19)11-12(15)18-14(21-11)17-10-6-7-10/h10H,2-9,15H2,1H3,(H,16,19)(H,17,18). The summed E-state index contributed by atoms with van der Waals surface area (Å²) in [6.07, 6.45) is 9.16. The first kappa shape index (κ1) is 16.4. The van der Waals surface area contributed by atoms with Gasteiger partial charge in [-0.3, -0.25) is 4.79 Å². The largest absolute Gasteiger partial charge is 0.382 e. The summed E-state index contributed by atoms with van der Waals surface area (Å²) in [7, 11) is 0. The molecule has 1 heterocycles. The van der Waals surface area contributed by atoms with E-state index < -0.39 is 0 Å². The molecule has 1 aromatic heterocycles. The Hall–Kier alpha value is -0.950. The first-order valence-electron chi connectivity index (χ1n) is 7.50. The van der Waals surface area contributed by atoms with Crippen LogP contribution in [0.15, 0.2) is 0 Å². The topological polar surface area (TPSA) is 80.0 Å². The van der Waals surface area contributed by atoms with E-state index in [1.54, 1.807) is 0 Å². The molecule has 1 fully saturated rings. The SMILES string of the molecule is CSCCCCCCNC(=O)c1sc(NC2CC2)nc1N. The van der Waals surface area contributed by atoms with Crippen LogP contribution in [0.2, 0.25) is 0 Å². The maximum absolute atomic E-state index is 12.1. The van der Waals surface area contributed by atoms with E-state index in [1.165, 1.54) is 42.8 Å². The zero-order valence-corrected chi connectivity index (χ0v) is 14.1. The Balaban J connectivity index is 1.66. The quantitative estimate of drug-likeness (QED) is 0.575. The van der Waals surface area contributed by atoms with Crippen LogP contribution in [0.1, 0.15) is 48.2 Å². The Kier molecular flexibility index (Phi) is 6.63. The number of aromatic nitrogens is 1. The molecule has 1 aromatic rings. The van der Waals surface area contributed by atoms with Crippen LogP contribution < -0.4 is 16.4 Å². The average Bonchev–Trinajstić information content (AvgIpc) is 3.19. The lowest BCUT2D eigenvalue weighted by molar-refractivity contribution is 0.0957. The molecule has 7 heteroatoms. The number of carbonyl (C=O) groups excluding carboxylic acids is 1. The van der Waals surface area contributed by atoms with E-state index >= 15 is 0 Å². The normalized spacial score (nSPS) is 14.1. The highest BCUT2D eigenvalue weighted by atomic mass is 32.2. The lowest BCUT2D eigenvalue weighted by Crippen LogP contribution is -2.24. The molecule has 0 aliphatic heterocycles. The van der Waals surface area contributed by atoms with Crippen molar-refractivity contribution in [1.82, 2.24) is 10.3 Å². The minimum atomic E-state index is -0.0991. The fourth-order valence-electron chi connectivity index (χ4n) is 1.97. The molecule has 0 spiro atoms. The van der Waals surface area contributed by atoms with Gasteiger partial charge in [-0.05, 0) is 37.7 Å². The molecular weight excluding hydrogens is 304 g/mol. The number of amides is 1. The lowest BCUT2D eigenvalue weighted by Gasteiger charge is -2.03. The van der Waals surface area contributed by atoms with Gasteiger partial charge in [0.25, 0.3) is 5.91 Å². The van der Waals surface area contributed by atoms with Gasteiger partial charge >= 0.3 is 0 Å². The molecule has 21 heavy (non-hydrogen) atoms. The Morgan fingerprint density at radius 1 is 1.38 bits per heavy atom. The van der Waals surface area contributed by atoms with Gasteiger partial charge in [-0.15, -0.1) is 0 Å². The van der Waals surface area contributed by atoms with Crippen molar-refractivity contribution in [2.24, 2.45) is 0 Å². The van der Waals surface area contributed by atoms with Gasteiger partial charge in [0.15, 0.2) is 5.13 Å². The monoisotopic (exact) mass is 328 g/mol. The van der Waals surface area contributed by atoms with E-state index in [4.69, 9.17) is 5.73 Å². The highest BCUT2D eigenvalue weighted by Crippen LogP contribution is 2.30. The Bertz CT molecular complexity index is 460. The Morgan fingerprint density at radius 2 is 2.14 bits per heavy atom. The Morgan fingerprint density at radius 3 is 2.86 bits per heavy atom. The van der Waals surface area contributed by atoms with Crippen LogP contribution in [-0.2, 0) is 0 Å². The fourth-order valence-corrected chi connectivity index (χ4v) is 3.34. The van der Waals surface area contributed by atoms with Crippen molar-refractivity contribution in [2.45, 2.75) is 44.6 Å². The average molecular weight is 329 g/mol. The van der Waals surface area contributed by atoms with Gasteiger partial charge in [0.1, 0.15) is 10.7 Å². The van der Waals surface area contributed by atoms with Crippen molar-refractivity contribution in [2.75, 3.05) is 29.6 Å². The molecule has 5 nitrogen and oxygen atoms in total. The van der Waals surface area contributed by atoms with Crippen LogP contribution in [0.25, 0.3) is 0 Å². The molecule has 118 valence electrons. The molecule has 0 atom stereocenters. The minimum absolute atomic E-state index is 0.0991. The summed E-state index contributed by atoms with van der Waals surface area (Å²) in [5.74, 6) is 1.46. The van der Waals surface area contributed by atoms with Crippen LogP contribution in [0, 0.1) is 0 Å². The second-order valence-electron chi connectivity index (χ2n) is 5.31. The third-order valence-corrected chi connectivity index (χ3v) is 5.02. The smallest absolute Gasteiger partial charge is 0.265 e. The van der Waals surface area contributed by atoms with E-state index in [0.717, 1.165) is 18.0 Å². The van der Waals surface area contributed by atoms with E-state index in [-0.39, 0.29) is 5.91 Å². The third-order valence-electron chi connectivity index (χ3n) is 3.33. The molecular formula is C14H24N4OS2. The Labute approximate surface area is 134 Å². The molecule has 0 unspecified atom stereocenters. The second-order valence-corrected chi connectivity index (χ2v) is 7.30. The van der Waals surface area contributed by atoms with Gasteiger partial charge in [-0.25, -0.2) is 4.98 Å². The number of carbonyl (C=O) groups is 1. The summed E-state index contributed by atoms with van der Waals surface area (Å²) in [6, 6.07) is 0.521. The number of thiazole rings is 1. The summed E-state index contributed by atoms with van der Waals surface area (Å²) in [4.78, 5) is 16.8. The number of nitrogens with zero attached hydrogens (tertiary/aromatic N) is 1. The van der Waals surface area contributed by atoms with Crippen molar-refractivity contribution < 1.29 is 4.79 Å². The molecule has 2 rings (SSSR count). The second kappa shape index (κ2) is 8.48. The van der Waals surface area contributed by atoms with Gasteiger partial charge < -0.3 is 16.4 Å². The number of nitrogens with one attached hydrogen (secondary N) is 2. The molecule has 0 aromatic carbocycles. The zero-order chi connectivity index (χ0) is 15.1. The summed E-state index contributed by atoms with van der Waals surface area (Å²) >= 11 is 3.23. The number of hydrogen-bond acceptors (Lipinski definition) is 6. The van der Waals surface area contributed by atoms with Gasteiger partial charge in [0, 0.05) is 12.6 Å². The molecule has 0 radical (unpaired) electrons. The van der Waals surface area contributed by atoms with Crippen molar-refractivity contribution in [1.29, 1.82) is 0 Å². The van der Waals surface area contributed by atoms with Gasteiger partial charge in [0.2, 0.25) is 0 Å². The molecule has 4 N–H and O–H groups in total. The predicted molar refractivity (Wildman–Crippen MR) is 92.4 cm³/mol. The van der Waals surface area contributed by atoms with E-state index in [0.29, 0.717) is 23.3 Å². The van der Waals surface area contributed by atoms with Crippen molar-refractivity contribution in [3.63, 3.8) is 0 Å². The lowest BCUT2D eigenvalue weighted by atomic mass is 10.2. The summed E-state index contributed by atoms with van der Waals surface area (Å²) in [5, 5.41) is 6.97. The van der Waals surface area contributed by atoms with E-state index in [9.17, 15) is 4.79 Å². The number of nitrogen functional groups attached to an aromatic ring is 1. The highest BCUT2D eigenvalue weighted by molar-refractivity contribution is 7.98. The molecule has 1 aliphatic carbocycles. The number of thioether (sulfide) groups is 1. The van der Waals surface area contributed by atoms with Crippen LogP contribution in [0.5, 0.6) is 0 Å². The van der Waals surface area contributed by atoms with Crippen LogP contribution in [0.4, 0.5) is 10.9 Å². The molecule has 0 bridgehead atoms. The molecule has 1 saturated carbocycles. The van der Waals surface area contributed by atoms with Crippen molar-refractivity contribution in [3.05, 3.63) is 4.88 Å². The highest BCUT2D eigenvalue weighted by Gasteiger charge is 2.24. The van der Waals surface area contributed by atoms with Gasteiger partial charge in [0.05, 0.1) is 0 Å². The van der Waals surface area contributed by atoms with E-state index in [2.05, 4.69) is 21.9 Å². The molecule has 0 saturated heterocycles. The van der Waals surface area contributed by atoms with Crippen molar-refractivity contribution in [3.8, 4) is 0 Å². The molecule has 1 aliphatic rings.